The minimum Gasteiger partial charge on any atom is -0.380 e. The molecule has 3 fully saturated rings. The van der Waals surface area contributed by atoms with Crippen LogP contribution in [0.4, 0.5) is 0 Å². The Morgan fingerprint density at radius 1 is 1.15 bits per heavy atom. The minimum atomic E-state index is -0.266. The number of likely N-dealkylation sites (tertiary alicyclic amines) is 2. The third kappa shape index (κ3) is 2.97. The van der Waals surface area contributed by atoms with Gasteiger partial charge in [0.25, 0.3) is 0 Å². The second-order valence-corrected chi connectivity index (χ2v) is 8.75. The van der Waals surface area contributed by atoms with E-state index < -0.39 is 0 Å². The lowest BCUT2D eigenvalue weighted by atomic mass is 9.72. The van der Waals surface area contributed by atoms with Gasteiger partial charge in [0, 0.05) is 37.7 Å². The number of benzene rings is 1. The summed E-state index contributed by atoms with van der Waals surface area (Å²) in [5, 5.41) is 0. The number of rotatable bonds is 5. The molecule has 0 N–H and O–H groups in total. The van der Waals surface area contributed by atoms with E-state index in [9.17, 15) is 4.79 Å². The first-order chi connectivity index (χ1) is 12.6. The van der Waals surface area contributed by atoms with Gasteiger partial charge in [-0.2, -0.15) is 0 Å². The summed E-state index contributed by atoms with van der Waals surface area (Å²) in [7, 11) is 2.20. The molecule has 1 aromatic rings. The number of amides is 1. The average molecular weight is 357 g/mol. The highest BCUT2D eigenvalue weighted by Gasteiger charge is 2.55. The molecule has 4 heteroatoms. The number of likely N-dealkylation sites (N-methyl/N-ethyl adjacent to an activating group) is 1. The van der Waals surface area contributed by atoms with E-state index in [2.05, 4.69) is 48.0 Å². The van der Waals surface area contributed by atoms with Crippen LogP contribution in [0.1, 0.15) is 44.6 Å². The molecule has 0 radical (unpaired) electrons. The summed E-state index contributed by atoms with van der Waals surface area (Å²) in [4.78, 5) is 18.1. The molecule has 1 unspecified atom stereocenters. The van der Waals surface area contributed by atoms with E-state index in [1.54, 1.807) is 0 Å². The highest BCUT2D eigenvalue weighted by molar-refractivity contribution is 5.89. The van der Waals surface area contributed by atoms with Crippen LogP contribution in [0, 0.1) is 5.41 Å². The van der Waals surface area contributed by atoms with Crippen molar-refractivity contribution in [3.63, 3.8) is 0 Å². The zero-order chi connectivity index (χ0) is 18.2. The standard InChI is InChI=1S/C22H32N2O2/c1-3-26-14-19-13-21(15-23(19)2)16-24(17-21)20(25)22(11-7-8-12-22)18-9-5-4-6-10-18/h4-6,9-10,19H,3,7-8,11-17H2,1-2H3. The van der Waals surface area contributed by atoms with Gasteiger partial charge < -0.3 is 14.5 Å². The number of carbonyl (C=O) groups excluding carboxylic acids is 1. The number of ether oxygens (including phenoxy) is 1. The van der Waals surface area contributed by atoms with Gasteiger partial charge in [0.15, 0.2) is 0 Å². The zero-order valence-electron chi connectivity index (χ0n) is 16.2. The summed E-state index contributed by atoms with van der Waals surface area (Å²) in [6, 6.07) is 11.0. The van der Waals surface area contributed by atoms with Gasteiger partial charge in [0.05, 0.1) is 12.0 Å². The van der Waals surface area contributed by atoms with E-state index in [1.165, 1.54) is 18.4 Å². The Morgan fingerprint density at radius 2 is 1.85 bits per heavy atom. The first-order valence-corrected chi connectivity index (χ1v) is 10.2. The third-order valence-electron chi connectivity index (χ3n) is 6.92. The van der Waals surface area contributed by atoms with Gasteiger partial charge >= 0.3 is 0 Å². The van der Waals surface area contributed by atoms with Crippen LogP contribution in [0.25, 0.3) is 0 Å². The molecule has 1 aliphatic carbocycles. The van der Waals surface area contributed by atoms with Crippen molar-refractivity contribution < 1.29 is 9.53 Å². The van der Waals surface area contributed by atoms with Crippen molar-refractivity contribution in [3.05, 3.63) is 35.9 Å². The Hall–Kier alpha value is -1.39. The molecular formula is C22H32N2O2. The van der Waals surface area contributed by atoms with E-state index in [0.717, 1.165) is 52.1 Å². The summed E-state index contributed by atoms with van der Waals surface area (Å²) in [5.41, 5.74) is 1.25. The van der Waals surface area contributed by atoms with Gasteiger partial charge in [-0.15, -0.1) is 0 Å². The van der Waals surface area contributed by atoms with Crippen molar-refractivity contribution >= 4 is 5.91 Å². The van der Waals surface area contributed by atoms with Crippen molar-refractivity contribution in [1.82, 2.24) is 9.80 Å². The highest BCUT2D eigenvalue weighted by Crippen LogP contribution is 2.48. The molecule has 1 spiro atoms. The van der Waals surface area contributed by atoms with E-state index in [0.29, 0.717) is 17.4 Å². The molecular weight excluding hydrogens is 324 g/mol. The van der Waals surface area contributed by atoms with E-state index >= 15 is 0 Å². The number of carbonyl (C=O) groups is 1. The van der Waals surface area contributed by atoms with Crippen LogP contribution in [0.3, 0.4) is 0 Å². The van der Waals surface area contributed by atoms with Crippen LogP contribution in [0.2, 0.25) is 0 Å². The molecule has 2 heterocycles. The zero-order valence-corrected chi connectivity index (χ0v) is 16.2. The molecule has 4 rings (SSSR count). The minimum absolute atomic E-state index is 0.266. The maximum atomic E-state index is 13.5. The Balaban J connectivity index is 1.44. The van der Waals surface area contributed by atoms with E-state index in [-0.39, 0.29) is 5.41 Å². The first kappa shape index (κ1) is 18.0. The molecule has 4 nitrogen and oxygen atoms in total. The fourth-order valence-electron chi connectivity index (χ4n) is 5.62. The first-order valence-electron chi connectivity index (χ1n) is 10.2. The molecule has 1 aromatic carbocycles. The summed E-state index contributed by atoms with van der Waals surface area (Å²) < 4.78 is 5.66. The van der Waals surface area contributed by atoms with Gasteiger partial charge in [0.2, 0.25) is 5.91 Å². The van der Waals surface area contributed by atoms with E-state index in [4.69, 9.17) is 4.74 Å². The molecule has 2 saturated heterocycles. The highest BCUT2D eigenvalue weighted by atomic mass is 16.5. The fourth-order valence-corrected chi connectivity index (χ4v) is 5.62. The van der Waals surface area contributed by atoms with Gasteiger partial charge in [0.1, 0.15) is 0 Å². The molecule has 3 aliphatic rings. The summed E-state index contributed by atoms with van der Waals surface area (Å²) in [5.74, 6) is 0.378. The topological polar surface area (TPSA) is 32.8 Å². The molecule has 1 amide bonds. The van der Waals surface area contributed by atoms with Crippen LogP contribution in [0.5, 0.6) is 0 Å². The SMILES string of the molecule is CCOCC1CC2(CN(C(=O)C3(c4ccccc4)CCCC3)C2)CN1C. The summed E-state index contributed by atoms with van der Waals surface area (Å²) in [6.45, 7) is 6.59. The number of nitrogens with zero attached hydrogens (tertiary/aromatic N) is 2. The second-order valence-electron chi connectivity index (χ2n) is 8.75. The van der Waals surface area contributed by atoms with Gasteiger partial charge in [-0.25, -0.2) is 0 Å². The van der Waals surface area contributed by atoms with Crippen LogP contribution in [0.15, 0.2) is 30.3 Å². The quantitative estimate of drug-likeness (QED) is 0.813. The summed E-state index contributed by atoms with van der Waals surface area (Å²) >= 11 is 0. The second kappa shape index (κ2) is 6.97. The van der Waals surface area contributed by atoms with Crippen LogP contribution in [-0.4, -0.2) is 61.6 Å². The Bertz CT molecular complexity index is 633. The van der Waals surface area contributed by atoms with Crippen LogP contribution in [-0.2, 0) is 14.9 Å². The lowest BCUT2D eigenvalue weighted by molar-refractivity contribution is -0.149. The Morgan fingerprint density at radius 3 is 2.50 bits per heavy atom. The maximum absolute atomic E-state index is 13.5. The molecule has 142 valence electrons. The van der Waals surface area contributed by atoms with Gasteiger partial charge in [-0.05, 0) is 38.8 Å². The number of hydrogen-bond acceptors (Lipinski definition) is 3. The monoisotopic (exact) mass is 356 g/mol. The molecule has 26 heavy (non-hydrogen) atoms. The lowest BCUT2D eigenvalue weighted by Gasteiger charge is -2.51. The third-order valence-corrected chi connectivity index (χ3v) is 6.92. The number of hydrogen-bond donors (Lipinski definition) is 0. The van der Waals surface area contributed by atoms with Crippen molar-refractivity contribution in [1.29, 1.82) is 0 Å². The normalized spacial score (nSPS) is 27.0. The van der Waals surface area contributed by atoms with Crippen molar-refractivity contribution in [2.75, 3.05) is 39.9 Å². The maximum Gasteiger partial charge on any atom is 0.233 e. The molecule has 0 aromatic heterocycles. The van der Waals surface area contributed by atoms with Crippen LogP contribution >= 0.6 is 0 Å². The molecule has 0 bridgehead atoms. The van der Waals surface area contributed by atoms with Crippen molar-refractivity contribution in [3.8, 4) is 0 Å². The van der Waals surface area contributed by atoms with Gasteiger partial charge in [-0.3, -0.25) is 4.79 Å². The predicted octanol–water partition coefficient (Wildman–Crippen LogP) is 3.07. The Kier molecular flexibility index (Phi) is 4.83. The Labute approximate surface area is 157 Å². The van der Waals surface area contributed by atoms with E-state index in [1.807, 2.05) is 6.07 Å². The smallest absolute Gasteiger partial charge is 0.233 e. The summed E-state index contributed by atoms with van der Waals surface area (Å²) in [6.07, 6.45) is 5.50. The largest absolute Gasteiger partial charge is 0.380 e. The molecule has 2 aliphatic heterocycles. The van der Waals surface area contributed by atoms with Gasteiger partial charge in [-0.1, -0.05) is 43.2 Å². The van der Waals surface area contributed by atoms with Crippen LogP contribution < -0.4 is 0 Å². The van der Waals surface area contributed by atoms with Crippen molar-refractivity contribution in [2.24, 2.45) is 5.41 Å². The molecule has 1 atom stereocenters. The fraction of sp³-hybridized carbons (Fsp3) is 0.682. The van der Waals surface area contributed by atoms with Crippen molar-refractivity contribution in [2.45, 2.75) is 50.5 Å². The average Bonchev–Trinajstić information content (AvgIpc) is 3.25. The predicted molar refractivity (Wildman–Crippen MR) is 103 cm³/mol. The lowest BCUT2D eigenvalue weighted by Crippen LogP contribution is -2.63. The molecule has 1 saturated carbocycles.